The van der Waals surface area contributed by atoms with Crippen LogP contribution in [0.3, 0.4) is 0 Å². The first kappa shape index (κ1) is 15.5. The summed E-state index contributed by atoms with van der Waals surface area (Å²) in [5.41, 5.74) is 0.736. The number of carbonyl (C=O) groups is 1. The standard InChI is InChI=1S/C17H27N3O2/c1-5-22-14-9-13(17(14)7-6-8-17)19-15(21)12-10-18-20(11-12)16(2,3)4/h10-11,13-14H,5-9H2,1-4H3,(H,19,21)/t13-,14+/m0/s1. The van der Waals surface area contributed by atoms with Crippen molar-refractivity contribution in [3.05, 3.63) is 18.0 Å². The van der Waals surface area contributed by atoms with E-state index in [-0.39, 0.29) is 22.9 Å². The van der Waals surface area contributed by atoms with Crippen molar-refractivity contribution < 1.29 is 9.53 Å². The third kappa shape index (κ3) is 2.45. The largest absolute Gasteiger partial charge is 0.378 e. The Hall–Kier alpha value is -1.36. The number of carbonyl (C=O) groups excluding carboxylic acids is 1. The van der Waals surface area contributed by atoms with Gasteiger partial charge in [-0.15, -0.1) is 0 Å². The van der Waals surface area contributed by atoms with E-state index in [0.717, 1.165) is 13.0 Å². The molecule has 2 saturated carbocycles. The lowest BCUT2D eigenvalue weighted by atomic mass is 9.51. The molecule has 0 unspecified atom stereocenters. The number of ether oxygens (including phenoxy) is 1. The van der Waals surface area contributed by atoms with Crippen LogP contribution in [0.5, 0.6) is 0 Å². The van der Waals surface area contributed by atoms with E-state index in [1.807, 2.05) is 17.8 Å². The predicted molar refractivity (Wildman–Crippen MR) is 84.8 cm³/mol. The fraction of sp³-hybridized carbons (Fsp3) is 0.765. The van der Waals surface area contributed by atoms with Gasteiger partial charge in [0.15, 0.2) is 0 Å². The van der Waals surface area contributed by atoms with Gasteiger partial charge in [-0.1, -0.05) is 6.42 Å². The highest BCUT2D eigenvalue weighted by Crippen LogP contribution is 2.57. The molecule has 2 aliphatic carbocycles. The number of hydrogen-bond donors (Lipinski definition) is 1. The first-order valence-corrected chi connectivity index (χ1v) is 8.34. The highest BCUT2D eigenvalue weighted by molar-refractivity contribution is 5.94. The second-order valence-electron chi connectivity index (χ2n) is 7.64. The summed E-state index contributed by atoms with van der Waals surface area (Å²) in [6.45, 7) is 9.02. The van der Waals surface area contributed by atoms with Gasteiger partial charge in [-0.25, -0.2) is 0 Å². The van der Waals surface area contributed by atoms with Crippen LogP contribution in [0, 0.1) is 5.41 Å². The molecule has 1 spiro atoms. The van der Waals surface area contributed by atoms with Crippen LogP contribution in [0.15, 0.2) is 12.4 Å². The molecular formula is C17H27N3O2. The molecule has 122 valence electrons. The maximum Gasteiger partial charge on any atom is 0.254 e. The maximum atomic E-state index is 12.5. The Morgan fingerprint density at radius 3 is 2.73 bits per heavy atom. The lowest BCUT2D eigenvalue weighted by Crippen LogP contribution is -2.67. The number of nitrogens with one attached hydrogen (secondary N) is 1. The number of nitrogens with zero attached hydrogens (tertiary/aromatic N) is 2. The van der Waals surface area contributed by atoms with E-state index < -0.39 is 0 Å². The fourth-order valence-electron chi connectivity index (χ4n) is 3.69. The number of aromatic nitrogens is 2. The zero-order chi connectivity index (χ0) is 16.0. The molecule has 1 heterocycles. The first-order valence-electron chi connectivity index (χ1n) is 8.34. The molecule has 0 radical (unpaired) electrons. The van der Waals surface area contributed by atoms with Crippen molar-refractivity contribution in [2.24, 2.45) is 5.41 Å². The van der Waals surface area contributed by atoms with E-state index in [2.05, 4.69) is 31.2 Å². The molecule has 22 heavy (non-hydrogen) atoms. The minimum Gasteiger partial charge on any atom is -0.378 e. The van der Waals surface area contributed by atoms with Gasteiger partial charge < -0.3 is 10.1 Å². The average molecular weight is 305 g/mol. The predicted octanol–water partition coefficient (Wildman–Crippen LogP) is 2.72. The molecule has 5 nitrogen and oxygen atoms in total. The van der Waals surface area contributed by atoms with Crippen molar-refractivity contribution in [1.82, 2.24) is 15.1 Å². The van der Waals surface area contributed by atoms with E-state index in [0.29, 0.717) is 11.7 Å². The summed E-state index contributed by atoms with van der Waals surface area (Å²) in [7, 11) is 0. The van der Waals surface area contributed by atoms with Crippen LogP contribution in [0.2, 0.25) is 0 Å². The van der Waals surface area contributed by atoms with Gasteiger partial charge in [-0.2, -0.15) is 5.10 Å². The van der Waals surface area contributed by atoms with Crippen molar-refractivity contribution in [3.63, 3.8) is 0 Å². The van der Waals surface area contributed by atoms with E-state index in [1.54, 1.807) is 6.20 Å². The second-order valence-corrected chi connectivity index (χ2v) is 7.64. The Balaban J connectivity index is 1.64. The smallest absolute Gasteiger partial charge is 0.254 e. The average Bonchev–Trinajstić information content (AvgIpc) is 2.84. The van der Waals surface area contributed by atoms with Crippen molar-refractivity contribution >= 4 is 5.91 Å². The lowest BCUT2D eigenvalue weighted by Gasteiger charge is -2.60. The minimum absolute atomic E-state index is 0.0123. The number of rotatable bonds is 4. The lowest BCUT2D eigenvalue weighted by molar-refractivity contribution is -0.169. The van der Waals surface area contributed by atoms with E-state index in [1.165, 1.54) is 19.3 Å². The highest BCUT2D eigenvalue weighted by atomic mass is 16.5. The van der Waals surface area contributed by atoms with Gasteiger partial charge in [-0.3, -0.25) is 9.48 Å². The highest BCUT2D eigenvalue weighted by Gasteiger charge is 2.59. The summed E-state index contributed by atoms with van der Waals surface area (Å²) >= 11 is 0. The summed E-state index contributed by atoms with van der Waals surface area (Å²) in [6.07, 6.45) is 8.35. The second kappa shape index (κ2) is 5.37. The quantitative estimate of drug-likeness (QED) is 0.930. The Morgan fingerprint density at radius 1 is 1.50 bits per heavy atom. The maximum absolute atomic E-state index is 12.5. The minimum atomic E-state index is -0.107. The van der Waals surface area contributed by atoms with Crippen LogP contribution in [-0.2, 0) is 10.3 Å². The zero-order valence-electron chi connectivity index (χ0n) is 14.1. The van der Waals surface area contributed by atoms with E-state index in [4.69, 9.17) is 4.74 Å². The molecule has 3 rings (SSSR count). The molecule has 1 aromatic heterocycles. The van der Waals surface area contributed by atoms with Crippen LogP contribution in [-0.4, -0.2) is 34.4 Å². The number of hydrogen-bond acceptors (Lipinski definition) is 3. The van der Waals surface area contributed by atoms with Crippen molar-refractivity contribution in [3.8, 4) is 0 Å². The van der Waals surface area contributed by atoms with Gasteiger partial charge >= 0.3 is 0 Å². The molecule has 0 aliphatic heterocycles. The van der Waals surface area contributed by atoms with Crippen LogP contribution < -0.4 is 5.32 Å². The van der Waals surface area contributed by atoms with Crippen LogP contribution >= 0.6 is 0 Å². The zero-order valence-corrected chi connectivity index (χ0v) is 14.1. The summed E-state index contributed by atoms with van der Waals surface area (Å²) < 4.78 is 7.67. The monoisotopic (exact) mass is 305 g/mol. The van der Waals surface area contributed by atoms with Crippen LogP contribution in [0.4, 0.5) is 0 Å². The van der Waals surface area contributed by atoms with E-state index >= 15 is 0 Å². The van der Waals surface area contributed by atoms with Gasteiger partial charge in [0.05, 0.1) is 23.4 Å². The fourth-order valence-corrected chi connectivity index (χ4v) is 3.69. The SMILES string of the molecule is CCO[C@@H]1C[C@H](NC(=O)c2cnn(C(C)(C)C)c2)C12CCC2. The van der Waals surface area contributed by atoms with Gasteiger partial charge in [0.25, 0.3) is 5.91 Å². The molecule has 1 amide bonds. The first-order chi connectivity index (χ1) is 10.4. The topological polar surface area (TPSA) is 56.1 Å². The van der Waals surface area contributed by atoms with Crippen molar-refractivity contribution in [2.75, 3.05) is 6.61 Å². The molecule has 5 heteroatoms. The molecule has 2 atom stereocenters. The van der Waals surface area contributed by atoms with Crippen LogP contribution in [0.1, 0.15) is 63.7 Å². The third-order valence-electron chi connectivity index (χ3n) is 5.27. The summed E-state index contributed by atoms with van der Waals surface area (Å²) in [5, 5.41) is 7.51. The van der Waals surface area contributed by atoms with Gasteiger partial charge in [0.1, 0.15) is 0 Å². The Labute approximate surface area is 132 Å². The van der Waals surface area contributed by atoms with Gasteiger partial charge in [0.2, 0.25) is 0 Å². The Kier molecular flexibility index (Phi) is 3.79. The normalized spacial score (nSPS) is 26.4. The summed E-state index contributed by atoms with van der Waals surface area (Å²) in [5.74, 6) is -0.0123. The molecule has 1 N–H and O–H groups in total. The molecule has 0 bridgehead atoms. The molecule has 1 aromatic rings. The number of amides is 1. The molecule has 0 aromatic carbocycles. The van der Waals surface area contributed by atoms with Gasteiger partial charge in [0, 0.05) is 24.3 Å². The molecule has 2 fully saturated rings. The Morgan fingerprint density at radius 2 is 2.23 bits per heavy atom. The molecule has 0 saturated heterocycles. The summed E-state index contributed by atoms with van der Waals surface area (Å²) in [6, 6.07) is 0.253. The van der Waals surface area contributed by atoms with E-state index in [9.17, 15) is 4.79 Å². The van der Waals surface area contributed by atoms with Crippen molar-refractivity contribution in [2.45, 2.75) is 71.1 Å². The molecular weight excluding hydrogens is 278 g/mol. The van der Waals surface area contributed by atoms with Gasteiger partial charge in [-0.05, 0) is 47.0 Å². The van der Waals surface area contributed by atoms with Crippen LogP contribution in [0.25, 0.3) is 0 Å². The van der Waals surface area contributed by atoms with Crippen molar-refractivity contribution in [1.29, 1.82) is 0 Å². The third-order valence-corrected chi connectivity index (χ3v) is 5.27. The Bertz CT molecular complexity index is 554. The summed E-state index contributed by atoms with van der Waals surface area (Å²) in [4.78, 5) is 12.5. The molecule has 2 aliphatic rings.